The minimum absolute atomic E-state index is 0.145. The van der Waals surface area contributed by atoms with Crippen LogP contribution in [0.1, 0.15) is 18.5 Å². The van der Waals surface area contributed by atoms with Gasteiger partial charge < -0.3 is 0 Å². The minimum Gasteiger partial charge on any atom is -0.297 e. The van der Waals surface area contributed by atoms with Gasteiger partial charge in [0.1, 0.15) is 0 Å². The Kier molecular flexibility index (Phi) is 4.37. The standard InChI is InChI=1S/C11H19N3O2S2/c1-13(18(2,15)16)11-3-5-14(6-4-11)7-10-8-17-9-12-10/h8-9,11H,3-7H2,1-2H3. The van der Waals surface area contributed by atoms with Crippen LogP contribution in [0.3, 0.4) is 0 Å². The lowest BCUT2D eigenvalue weighted by molar-refractivity contribution is 0.163. The van der Waals surface area contributed by atoms with Crippen LogP contribution in [-0.4, -0.2) is 55.0 Å². The van der Waals surface area contributed by atoms with Gasteiger partial charge in [0.2, 0.25) is 10.0 Å². The molecule has 0 radical (unpaired) electrons. The number of hydrogen-bond acceptors (Lipinski definition) is 5. The van der Waals surface area contributed by atoms with Crippen LogP contribution in [0.25, 0.3) is 0 Å². The largest absolute Gasteiger partial charge is 0.297 e. The predicted octanol–water partition coefficient (Wildman–Crippen LogP) is 0.999. The van der Waals surface area contributed by atoms with E-state index in [0.717, 1.165) is 38.2 Å². The van der Waals surface area contributed by atoms with Gasteiger partial charge in [0, 0.05) is 38.1 Å². The quantitative estimate of drug-likeness (QED) is 0.830. The second-order valence-electron chi connectivity index (χ2n) is 4.77. The maximum absolute atomic E-state index is 11.5. The second kappa shape index (κ2) is 5.64. The SMILES string of the molecule is CN(C1CCN(Cc2cscn2)CC1)S(C)(=O)=O. The lowest BCUT2D eigenvalue weighted by Gasteiger charge is -2.35. The second-order valence-corrected chi connectivity index (χ2v) is 7.53. The Hall–Kier alpha value is -0.500. The maximum atomic E-state index is 11.5. The Morgan fingerprint density at radius 1 is 1.50 bits per heavy atom. The summed E-state index contributed by atoms with van der Waals surface area (Å²) in [5.74, 6) is 0. The van der Waals surface area contributed by atoms with Crippen LogP contribution < -0.4 is 0 Å². The molecule has 0 spiro atoms. The fraction of sp³-hybridized carbons (Fsp3) is 0.727. The van der Waals surface area contributed by atoms with Crippen molar-refractivity contribution in [2.45, 2.75) is 25.4 Å². The third-order valence-electron chi connectivity index (χ3n) is 3.46. The number of nitrogens with zero attached hydrogens (tertiary/aromatic N) is 3. The Labute approximate surface area is 112 Å². The average molecular weight is 289 g/mol. The van der Waals surface area contributed by atoms with E-state index in [4.69, 9.17) is 0 Å². The van der Waals surface area contributed by atoms with E-state index in [9.17, 15) is 8.42 Å². The van der Waals surface area contributed by atoms with Crippen molar-refractivity contribution in [3.8, 4) is 0 Å². The van der Waals surface area contributed by atoms with E-state index >= 15 is 0 Å². The minimum atomic E-state index is -3.07. The van der Waals surface area contributed by atoms with Crippen LogP contribution in [0.5, 0.6) is 0 Å². The van der Waals surface area contributed by atoms with Gasteiger partial charge in [-0.3, -0.25) is 4.90 Å². The van der Waals surface area contributed by atoms with Gasteiger partial charge in [0.05, 0.1) is 17.5 Å². The zero-order chi connectivity index (χ0) is 13.2. The van der Waals surface area contributed by atoms with Gasteiger partial charge >= 0.3 is 0 Å². The van der Waals surface area contributed by atoms with Gasteiger partial charge in [-0.25, -0.2) is 17.7 Å². The smallest absolute Gasteiger partial charge is 0.211 e. The van der Waals surface area contributed by atoms with Crippen molar-refractivity contribution in [1.29, 1.82) is 0 Å². The molecule has 0 aliphatic carbocycles. The average Bonchev–Trinajstić information content (AvgIpc) is 2.81. The molecule has 0 atom stereocenters. The molecule has 1 saturated heterocycles. The molecule has 0 unspecified atom stereocenters. The highest BCUT2D eigenvalue weighted by atomic mass is 32.2. The normalized spacial score (nSPS) is 19.5. The fourth-order valence-electron chi connectivity index (χ4n) is 2.26. The van der Waals surface area contributed by atoms with Gasteiger partial charge in [-0.05, 0) is 12.8 Å². The molecule has 0 aromatic carbocycles. The van der Waals surface area contributed by atoms with Gasteiger partial charge in [0.15, 0.2) is 0 Å². The molecule has 2 rings (SSSR count). The molecule has 7 heteroatoms. The number of rotatable bonds is 4. The first-order valence-electron chi connectivity index (χ1n) is 5.99. The lowest BCUT2D eigenvalue weighted by atomic mass is 10.1. The van der Waals surface area contributed by atoms with E-state index < -0.39 is 10.0 Å². The first kappa shape index (κ1) is 13.9. The summed E-state index contributed by atoms with van der Waals surface area (Å²) in [6.07, 6.45) is 3.07. The van der Waals surface area contributed by atoms with Crippen LogP contribution >= 0.6 is 11.3 Å². The molecule has 1 aromatic heterocycles. The third kappa shape index (κ3) is 3.50. The fourth-order valence-corrected chi connectivity index (χ4v) is 3.56. The van der Waals surface area contributed by atoms with Gasteiger partial charge in [-0.2, -0.15) is 0 Å². The van der Waals surface area contributed by atoms with Crippen molar-refractivity contribution in [2.24, 2.45) is 0 Å². The van der Waals surface area contributed by atoms with E-state index in [2.05, 4.69) is 15.3 Å². The van der Waals surface area contributed by atoms with Gasteiger partial charge in [-0.15, -0.1) is 11.3 Å². The monoisotopic (exact) mass is 289 g/mol. The number of aromatic nitrogens is 1. The maximum Gasteiger partial charge on any atom is 0.211 e. The molecule has 5 nitrogen and oxygen atoms in total. The molecule has 102 valence electrons. The zero-order valence-corrected chi connectivity index (χ0v) is 12.4. The van der Waals surface area contributed by atoms with Crippen molar-refractivity contribution < 1.29 is 8.42 Å². The third-order valence-corrected chi connectivity index (χ3v) is 5.44. The Morgan fingerprint density at radius 3 is 2.67 bits per heavy atom. The zero-order valence-electron chi connectivity index (χ0n) is 10.7. The number of piperidine rings is 1. The van der Waals surface area contributed by atoms with Crippen LogP contribution in [-0.2, 0) is 16.6 Å². The summed E-state index contributed by atoms with van der Waals surface area (Å²) in [5, 5.41) is 2.06. The topological polar surface area (TPSA) is 53.5 Å². The predicted molar refractivity (Wildman–Crippen MR) is 73.0 cm³/mol. The Balaban J connectivity index is 1.85. The molecular formula is C11H19N3O2S2. The Bertz CT molecular complexity index is 464. The summed E-state index contributed by atoms with van der Waals surface area (Å²) in [6, 6.07) is 0.145. The van der Waals surface area contributed by atoms with Crippen LogP contribution in [0.4, 0.5) is 0 Å². The van der Waals surface area contributed by atoms with Crippen LogP contribution in [0.2, 0.25) is 0 Å². The van der Waals surface area contributed by atoms with Crippen LogP contribution in [0.15, 0.2) is 10.9 Å². The van der Waals surface area contributed by atoms with Gasteiger partial charge in [0.25, 0.3) is 0 Å². The molecule has 1 aliphatic rings. The molecule has 0 bridgehead atoms. The number of likely N-dealkylation sites (tertiary alicyclic amines) is 1. The van der Waals surface area contributed by atoms with E-state index in [0.29, 0.717) is 0 Å². The molecular weight excluding hydrogens is 270 g/mol. The van der Waals surface area contributed by atoms with E-state index in [-0.39, 0.29) is 6.04 Å². The molecule has 1 aliphatic heterocycles. The lowest BCUT2D eigenvalue weighted by Crippen LogP contribution is -2.44. The summed E-state index contributed by atoms with van der Waals surface area (Å²) in [5.41, 5.74) is 2.95. The summed E-state index contributed by atoms with van der Waals surface area (Å²) in [7, 11) is -1.39. The summed E-state index contributed by atoms with van der Waals surface area (Å²) < 4.78 is 24.5. The highest BCUT2D eigenvalue weighted by Gasteiger charge is 2.27. The van der Waals surface area contributed by atoms with Crippen molar-refractivity contribution in [3.63, 3.8) is 0 Å². The molecule has 18 heavy (non-hydrogen) atoms. The molecule has 1 aromatic rings. The molecule has 0 N–H and O–H groups in total. The van der Waals surface area contributed by atoms with Crippen molar-refractivity contribution >= 4 is 21.4 Å². The molecule has 2 heterocycles. The van der Waals surface area contributed by atoms with Crippen molar-refractivity contribution in [1.82, 2.24) is 14.2 Å². The highest BCUT2D eigenvalue weighted by Crippen LogP contribution is 2.19. The van der Waals surface area contributed by atoms with E-state index in [1.54, 1.807) is 18.4 Å². The van der Waals surface area contributed by atoms with Crippen molar-refractivity contribution in [2.75, 3.05) is 26.4 Å². The molecule has 1 fully saturated rings. The highest BCUT2D eigenvalue weighted by molar-refractivity contribution is 7.88. The summed E-state index contributed by atoms with van der Waals surface area (Å²) >= 11 is 1.61. The number of sulfonamides is 1. The van der Waals surface area contributed by atoms with E-state index in [1.165, 1.54) is 10.6 Å². The Morgan fingerprint density at radius 2 is 2.17 bits per heavy atom. The summed E-state index contributed by atoms with van der Waals surface area (Å²) in [6.45, 7) is 2.74. The number of thiazole rings is 1. The van der Waals surface area contributed by atoms with E-state index in [1.807, 2.05) is 5.51 Å². The van der Waals surface area contributed by atoms with Crippen LogP contribution in [0, 0.1) is 0 Å². The van der Waals surface area contributed by atoms with Crippen molar-refractivity contribution in [3.05, 3.63) is 16.6 Å². The first-order valence-corrected chi connectivity index (χ1v) is 8.78. The summed E-state index contributed by atoms with van der Waals surface area (Å²) in [4.78, 5) is 6.61. The van der Waals surface area contributed by atoms with Gasteiger partial charge in [-0.1, -0.05) is 0 Å². The molecule has 0 saturated carbocycles. The number of hydrogen-bond donors (Lipinski definition) is 0. The first-order chi connectivity index (χ1) is 8.47. The molecule has 0 amide bonds.